The number of likely N-dealkylation sites (N-methyl/N-ethyl adjacent to an activating group) is 2. The summed E-state index contributed by atoms with van der Waals surface area (Å²) in [5.41, 5.74) is 0. The molecule has 1 heterocycles. The molecule has 1 saturated heterocycles. The molecule has 1 fully saturated rings. The Labute approximate surface area is 107 Å². The number of terminal acetylenes is 1. The van der Waals surface area contributed by atoms with Gasteiger partial charge in [0.05, 0.1) is 0 Å². The lowest BCUT2D eigenvalue weighted by molar-refractivity contribution is 0.100. The highest BCUT2D eigenvalue weighted by atomic mass is 15.3. The van der Waals surface area contributed by atoms with Crippen LogP contribution in [0.15, 0.2) is 0 Å². The maximum Gasteiger partial charge on any atom is 0.0235 e. The van der Waals surface area contributed by atoms with Crippen LogP contribution in [-0.2, 0) is 0 Å². The maximum absolute atomic E-state index is 5.36. The third kappa shape index (κ3) is 5.08. The van der Waals surface area contributed by atoms with Crippen molar-refractivity contribution in [3.8, 4) is 12.3 Å². The summed E-state index contributed by atoms with van der Waals surface area (Å²) in [5.74, 6) is 2.75. The van der Waals surface area contributed by atoms with E-state index in [9.17, 15) is 0 Å². The summed E-state index contributed by atoms with van der Waals surface area (Å²) in [6, 6.07) is 1.23. The molecule has 98 valence electrons. The van der Waals surface area contributed by atoms with Crippen LogP contribution >= 0.6 is 0 Å². The van der Waals surface area contributed by atoms with Crippen molar-refractivity contribution in [1.82, 2.24) is 15.1 Å². The Morgan fingerprint density at radius 2 is 2.18 bits per heavy atom. The maximum atomic E-state index is 5.36. The molecule has 0 aromatic carbocycles. The van der Waals surface area contributed by atoms with Gasteiger partial charge >= 0.3 is 0 Å². The fourth-order valence-corrected chi connectivity index (χ4v) is 2.53. The molecule has 3 nitrogen and oxygen atoms in total. The zero-order valence-electron chi connectivity index (χ0n) is 11.6. The quantitative estimate of drug-likeness (QED) is 0.696. The molecule has 0 amide bonds. The zero-order valence-corrected chi connectivity index (χ0v) is 11.6. The largest absolute Gasteiger partial charge is 0.314 e. The molecule has 1 N–H and O–H groups in total. The third-order valence-electron chi connectivity index (χ3n) is 3.67. The Bertz CT molecular complexity index is 246. The fraction of sp³-hybridized carbons (Fsp3) is 0.857. The van der Waals surface area contributed by atoms with Crippen LogP contribution < -0.4 is 5.32 Å². The molecule has 0 aromatic heterocycles. The van der Waals surface area contributed by atoms with Crippen molar-refractivity contribution in [2.75, 3.05) is 40.3 Å². The van der Waals surface area contributed by atoms with Gasteiger partial charge in [0.25, 0.3) is 0 Å². The highest BCUT2D eigenvalue weighted by Crippen LogP contribution is 2.14. The van der Waals surface area contributed by atoms with E-state index in [0.717, 1.165) is 19.4 Å². The predicted molar refractivity (Wildman–Crippen MR) is 74.1 cm³/mol. The summed E-state index contributed by atoms with van der Waals surface area (Å²) in [7, 11) is 4.45. The van der Waals surface area contributed by atoms with Gasteiger partial charge in [-0.1, -0.05) is 6.92 Å². The molecule has 3 heteroatoms. The van der Waals surface area contributed by atoms with Crippen molar-refractivity contribution in [2.45, 2.75) is 38.3 Å². The summed E-state index contributed by atoms with van der Waals surface area (Å²) in [4.78, 5) is 4.91. The molecule has 2 unspecified atom stereocenters. The van der Waals surface area contributed by atoms with E-state index in [1.54, 1.807) is 0 Å². The van der Waals surface area contributed by atoms with Crippen LogP contribution in [0.2, 0.25) is 0 Å². The number of rotatable bonds is 6. The van der Waals surface area contributed by atoms with E-state index in [-0.39, 0.29) is 0 Å². The standard InChI is InChI=1S/C14H27N3/c1-5-7-8-13(15-6-2)11-14-12-16(3)9-10-17(14)4/h1,13-15H,6-12H2,2-4H3. The number of hydrogen-bond acceptors (Lipinski definition) is 3. The number of piperazine rings is 1. The molecule has 17 heavy (non-hydrogen) atoms. The first-order chi connectivity index (χ1) is 8.17. The highest BCUT2D eigenvalue weighted by Gasteiger charge is 2.24. The van der Waals surface area contributed by atoms with Gasteiger partial charge in [-0.05, 0) is 33.5 Å². The lowest BCUT2D eigenvalue weighted by Crippen LogP contribution is -2.52. The zero-order chi connectivity index (χ0) is 12.7. The van der Waals surface area contributed by atoms with Gasteiger partial charge in [-0.3, -0.25) is 0 Å². The molecule has 0 spiro atoms. The fourth-order valence-electron chi connectivity index (χ4n) is 2.53. The SMILES string of the molecule is C#CCCC(CC1CN(C)CCN1C)NCC. The van der Waals surface area contributed by atoms with Crippen molar-refractivity contribution in [1.29, 1.82) is 0 Å². The number of nitrogens with zero attached hydrogens (tertiary/aromatic N) is 2. The van der Waals surface area contributed by atoms with Crippen molar-refractivity contribution in [3.05, 3.63) is 0 Å². The van der Waals surface area contributed by atoms with E-state index in [4.69, 9.17) is 6.42 Å². The van der Waals surface area contributed by atoms with Crippen molar-refractivity contribution in [2.24, 2.45) is 0 Å². The molecule has 2 atom stereocenters. The second kappa shape index (κ2) is 7.71. The van der Waals surface area contributed by atoms with Gasteiger partial charge in [0.15, 0.2) is 0 Å². The van der Waals surface area contributed by atoms with Crippen LogP contribution in [0.4, 0.5) is 0 Å². The normalized spacial score (nSPS) is 24.5. The Hall–Kier alpha value is -0.560. The molecule has 0 bridgehead atoms. The molecule has 1 rings (SSSR count). The molecule has 1 aliphatic heterocycles. The Morgan fingerprint density at radius 1 is 1.41 bits per heavy atom. The summed E-state index contributed by atoms with van der Waals surface area (Å²) in [6.07, 6.45) is 8.54. The van der Waals surface area contributed by atoms with Crippen LogP contribution in [0.1, 0.15) is 26.2 Å². The first kappa shape index (κ1) is 14.5. The molecule has 1 aliphatic rings. The van der Waals surface area contributed by atoms with Crippen LogP contribution in [-0.4, -0.2) is 62.2 Å². The first-order valence-corrected chi connectivity index (χ1v) is 6.73. The minimum atomic E-state index is 0.565. The van der Waals surface area contributed by atoms with E-state index < -0.39 is 0 Å². The van der Waals surface area contributed by atoms with Crippen molar-refractivity contribution < 1.29 is 0 Å². The van der Waals surface area contributed by atoms with E-state index in [1.165, 1.54) is 26.1 Å². The first-order valence-electron chi connectivity index (χ1n) is 6.73. The molecular weight excluding hydrogens is 210 g/mol. The molecule has 0 aliphatic carbocycles. The minimum Gasteiger partial charge on any atom is -0.314 e. The summed E-state index contributed by atoms with van der Waals surface area (Å²) in [6.45, 7) is 6.73. The van der Waals surface area contributed by atoms with Crippen molar-refractivity contribution >= 4 is 0 Å². The molecular formula is C14H27N3. The summed E-state index contributed by atoms with van der Waals surface area (Å²) < 4.78 is 0. The van der Waals surface area contributed by atoms with Gasteiger partial charge in [-0.15, -0.1) is 12.3 Å². The van der Waals surface area contributed by atoms with Gasteiger partial charge < -0.3 is 15.1 Å². The summed E-state index contributed by atoms with van der Waals surface area (Å²) >= 11 is 0. The van der Waals surface area contributed by atoms with Crippen LogP contribution in [0.5, 0.6) is 0 Å². The smallest absolute Gasteiger partial charge is 0.0235 e. The minimum absolute atomic E-state index is 0.565. The third-order valence-corrected chi connectivity index (χ3v) is 3.67. The average Bonchev–Trinajstić information content (AvgIpc) is 2.31. The Balaban J connectivity index is 2.43. The number of nitrogens with one attached hydrogen (secondary N) is 1. The average molecular weight is 237 g/mol. The van der Waals surface area contributed by atoms with Crippen LogP contribution in [0.25, 0.3) is 0 Å². The Kier molecular flexibility index (Phi) is 6.57. The predicted octanol–water partition coefficient (Wildman–Crippen LogP) is 1.01. The highest BCUT2D eigenvalue weighted by molar-refractivity contribution is 4.88. The van der Waals surface area contributed by atoms with Crippen LogP contribution in [0.3, 0.4) is 0 Å². The lowest BCUT2D eigenvalue weighted by Gasteiger charge is -2.39. The Morgan fingerprint density at radius 3 is 2.82 bits per heavy atom. The van der Waals surface area contributed by atoms with Crippen LogP contribution in [0, 0.1) is 12.3 Å². The van der Waals surface area contributed by atoms with Crippen molar-refractivity contribution in [3.63, 3.8) is 0 Å². The molecule has 0 radical (unpaired) electrons. The topological polar surface area (TPSA) is 18.5 Å². The van der Waals surface area contributed by atoms with E-state index >= 15 is 0 Å². The second-order valence-electron chi connectivity index (χ2n) is 5.13. The molecule has 0 saturated carbocycles. The van der Waals surface area contributed by atoms with E-state index in [0.29, 0.717) is 12.1 Å². The second-order valence-corrected chi connectivity index (χ2v) is 5.13. The van der Waals surface area contributed by atoms with E-state index in [1.807, 2.05) is 0 Å². The monoisotopic (exact) mass is 237 g/mol. The van der Waals surface area contributed by atoms with Gasteiger partial charge in [-0.2, -0.15) is 0 Å². The van der Waals surface area contributed by atoms with Gasteiger partial charge in [0, 0.05) is 38.1 Å². The van der Waals surface area contributed by atoms with E-state index in [2.05, 4.69) is 42.1 Å². The van der Waals surface area contributed by atoms with Gasteiger partial charge in [-0.25, -0.2) is 0 Å². The summed E-state index contributed by atoms with van der Waals surface area (Å²) in [5, 5.41) is 3.56. The number of hydrogen-bond donors (Lipinski definition) is 1. The lowest BCUT2D eigenvalue weighted by atomic mass is 10.00. The molecule has 0 aromatic rings. The van der Waals surface area contributed by atoms with Gasteiger partial charge in [0.2, 0.25) is 0 Å². The van der Waals surface area contributed by atoms with Gasteiger partial charge in [0.1, 0.15) is 0 Å².